The quantitative estimate of drug-likeness (QED) is 0.527. The summed E-state index contributed by atoms with van der Waals surface area (Å²) in [5, 5.41) is 3.75. The van der Waals surface area contributed by atoms with Crippen molar-refractivity contribution in [3.05, 3.63) is 16.1 Å². The second-order valence-corrected chi connectivity index (χ2v) is 3.10. The molecular formula is C8H11N2OS. The minimum Gasteiger partial charge on any atom is -0.396 e. The fourth-order valence-electron chi connectivity index (χ4n) is 0.719. The van der Waals surface area contributed by atoms with Gasteiger partial charge in [-0.1, -0.05) is 5.16 Å². The molecule has 0 atom stereocenters. The number of hydrogen-bond donors (Lipinski definition) is 0. The van der Waals surface area contributed by atoms with Crippen molar-refractivity contribution in [3.63, 3.8) is 0 Å². The first-order chi connectivity index (χ1) is 5.84. The molecule has 0 amide bonds. The number of nitrogens with zero attached hydrogens (tertiary/aromatic N) is 2. The van der Waals surface area contributed by atoms with Crippen molar-refractivity contribution in [3.8, 4) is 0 Å². The van der Waals surface area contributed by atoms with E-state index in [-0.39, 0.29) is 0 Å². The summed E-state index contributed by atoms with van der Waals surface area (Å²) in [5.74, 6) is 0. The number of aryl methyl sites for hydroxylation is 1. The third-order valence-electron chi connectivity index (χ3n) is 1.34. The van der Waals surface area contributed by atoms with Crippen LogP contribution in [0, 0.1) is 12.4 Å². The maximum absolute atomic E-state index is 4.82. The molecule has 1 radical (unpaired) electrons. The van der Waals surface area contributed by atoms with Crippen molar-refractivity contribution < 1.29 is 4.84 Å². The van der Waals surface area contributed by atoms with E-state index in [2.05, 4.69) is 15.7 Å². The molecule has 4 heteroatoms. The number of thiazole rings is 1. The molecule has 12 heavy (non-hydrogen) atoms. The first kappa shape index (κ1) is 9.19. The van der Waals surface area contributed by atoms with E-state index in [1.54, 1.807) is 6.21 Å². The van der Waals surface area contributed by atoms with Crippen molar-refractivity contribution >= 4 is 17.6 Å². The summed E-state index contributed by atoms with van der Waals surface area (Å²) in [4.78, 5) is 10.0. The molecule has 1 rings (SSSR count). The molecule has 65 valence electrons. The van der Waals surface area contributed by atoms with Gasteiger partial charge in [0, 0.05) is 17.5 Å². The van der Waals surface area contributed by atoms with Crippen LogP contribution in [0.5, 0.6) is 0 Å². The van der Waals surface area contributed by atoms with Crippen molar-refractivity contribution in [1.82, 2.24) is 4.98 Å². The van der Waals surface area contributed by atoms with Gasteiger partial charge in [0.25, 0.3) is 0 Å². The Labute approximate surface area is 76.1 Å². The molecule has 0 N–H and O–H groups in total. The zero-order chi connectivity index (χ0) is 8.81. The van der Waals surface area contributed by atoms with Gasteiger partial charge in [-0.05, 0) is 13.8 Å². The average Bonchev–Trinajstić information content (AvgIpc) is 2.46. The monoisotopic (exact) mass is 183 g/mol. The van der Waals surface area contributed by atoms with Crippen molar-refractivity contribution in [2.45, 2.75) is 20.3 Å². The highest BCUT2D eigenvalue weighted by atomic mass is 32.1. The summed E-state index contributed by atoms with van der Waals surface area (Å²) >= 11 is 1.52. The number of oxime groups is 1. The van der Waals surface area contributed by atoms with E-state index in [0.717, 1.165) is 12.1 Å². The zero-order valence-electron chi connectivity index (χ0n) is 7.20. The summed E-state index contributed by atoms with van der Waals surface area (Å²) in [6.45, 7) is 4.49. The summed E-state index contributed by atoms with van der Waals surface area (Å²) in [7, 11) is 0. The lowest BCUT2D eigenvalue weighted by Crippen LogP contribution is -1.87. The molecule has 1 heterocycles. The van der Waals surface area contributed by atoms with E-state index in [1.165, 1.54) is 16.2 Å². The third-order valence-corrected chi connectivity index (χ3v) is 2.23. The van der Waals surface area contributed by atoms with Crippen LogP contribution < -0.4 is 0 Å². The Balaban J connectivity index is 2.37. The highest BCUT2D eigenvalue weighted by Gasteiger charge is 1.98. The van der Waals surface area contributed by atoms with Crippen LogP contribution >= 0.6 is 11.3 Å². The summed E-state index contributed by atoms with van der Waals surface area (Å²) < 4.78 is 0. The standard InChI is InChI=1S/C8H11N2OS/c1-3-11-10-5-4-8-7(2)9-6-12-8/h5H,3-4H2,1-2H3. The first-order valence-electron chi connectivity index (χ1n) is 3.80. The lowest BCUT2D eigenvalue weighted by molar-refractivity contribution is 0.160. The Morgan fingerprint density at radius 1 is 1.75 bits per heavy atom. The Morgan fingerprint density at radius 3 is 3.17 bits per heavy atom. The largest absolute Gasteiger partial charge is 0.396 e. The molecule has 0 fully saturated rings. The predicted octanol–water partition coefficient (Wildman–Crippen LogP) is 1.82. The fourth-order valence-corrected chi connectivity index (χ4v) is 1.36. The Hall–Kier alpha value is -0.900. The van der Waals surface area contributed by atoms with Crippen molar-refractivity contribution in [2.75, 3.05) is 6.61 Å². The number of hydrogen-bond acceptors (Lipinski definition) is 4. The van der Waals surface area contributed by atoms with Gasteiger partial charge >= 0.3 is 0 Å². The van der Waals surface area contributed by atoms with Gasteiger partial charge in [0.15, 0.2) is 5.51 Å². The number of aromatic nitrogens is 1. The van der Waals surface area contributed by atoms with Crippen LogP contribution in [0.2, 0.25) is 0 Å². The molecule has 0 spiro atoms. The van der Waals surface area contributed by atoms with Gasteiger partial charge in [0.1, 0.15) is 6.61 Å². The van der Waals surface area contributed by atoms with E-state index in [9.17, 15) is 0 Å². The van der Waals surface area contributed by atoms with Crippen LogP contribution in [-0.4, -0.2) is 17.8 Å². The van der Waals surface area contributed by atoms with E-state index >= 15 is 0 Å². The summed E-state index contributed by atoms with van der Waals surface area (Å²) in [6.07, 6.45) is 2.53. The molecule has 0 aliphatic carbocycles. The fraction of sp³-hybridized carbons (Fsp3) is 0.500. The summed E-state index contributed by atoms with van der Waals surface area (Å²) in [6, 6.07) is 0. The first-order valence-corrected chi connectivity index (χ1v) is 4.62. The number of rotatable bonds is 4. The molecule has 0 aromatic carbocycles. The molecule has 0 unspecified atom stereocenters. The Bertz CT molecular complexity index is 257. The molecule has 0 aliphatic rings. The SMILES string of the molecule is CCON=CCc1s[c]nc1C. The van der Waals surface area contributed by atoms with Gasteiger partial charge in [-0.3, -0.25) is 0 Å². The lowest BCUT2D eigenvalue weighted by Gasteiger charge is -1.91. The Morgan fingerprint density at radius 2 is 2.58 bits per heavy atom. The van der Waals surface area contributed by atoms with Gasteiger partial charge in [-0.25, -0.2) is 4.98 Å². The van der Waals surface area contributed by atoms with Gasteiger partial charge in [0.2, 0.25) is 0 Å². The minimum atomic E-state index is 0.615. The van der Waals surface area contributed by atoms with Crippen LogP contribution in [0.3, 0.4) is 0 Å². The summed E-state index contributed by atoms with van der Waals surface area (Å²) in [5.41, 5.74) is 3.86. The van der Waals surface area contributed by atoms with E-state index in [0.29, 0.717) is 6.61 Å². The molecule has 3 nitrogen and oxygen atoms in total. The average molecular weight is 183 g/mol. The van der Waals surface area contributed by atoms with E-state index in [4.69, 9.17) is 4.84 Å². The molecule has 0 bridgehead atoms. The van der Waals surface area contributed by atoms with Crippen molar-refractivity contribution in [1.29, 1.82) is 0 Å². The second-order valence-electron chi connectivity index (χ2n) is 2.22. The molecular weight excluding hydrogens is 172 g/mol. The van der Waals surface area contributed by atoms with Crippen LogP contribution in [-0.2, 0) is 11.3 Å². The minimum absolute atomic E-state index is 0.615. The molecule has 1 aromatic rings. The topological polar surface area (TPSA) is 34.5 Å². The maximum atomic E-state index is 4.82. The smallest absolute Gasteiger partial charge is 0.152 e. The normalized spacial score (nSPS) is 10.8. The van der Waals surface area contributed by atoms with E-state index in [1.807, 2.05) is 13.8 Å². The predicted molar refractivity (Wildman–Crippen MR) is 49.5 cm³/mol. The van der Waals surface area contributed by atoms with Gasteiger partial charge in [-0.15, -0.1) is 11.3 Å². The van der Waals surface area contributed by atoms with Gasteiger partial charge < -0.3 is 4.84 Å². The van der Waals surface area contributed by atoms with Crippen LogP contribution in [0.4, 0.5) is 0 Å². The van der Waals surface area contributed by atoms with Gasteiger partial charge in [-0.2, -0.15) is 0 Å². The second kappa shape index (κ2) is 4.87. The lowest BCUT2D eigenvalue weighted by atomic mass is 10.3. The van der Waals surface area contributed by atoms with Gasteiger partial charge in [0.05, 0.1) is 5.69 Å². The zero-order valence-corrected chi connectivity index (χ0v) is 8.02. The third kappa shape index (κ3) is 2.62. The molecule has 0 saturated heterocycles. The van der Waals surface area contributed by atoms with Crippen molar-refractivity contribution in [2.24, 2.45) is 5.16 Å². The maximum Gasteiger partial charge on any atom is 0.152 e. The Kier molecular flexibility index (Phi) is 3.73. The highest BCUT2D eigenvalue weighted by Crippen LogP contribution is 2.10. The van der Waals surface area contributed by atoms with Crippen LogP contribution in [0.15, 0.2) is 5.16 Å². The molecule has 0 saturated carbocycles. The molecule has 0 aliphatic heterocycles. The van der Waals surface area contributed by atoms with Crippen LogP contribution in [0.1, 0.15) is 17.5 Å². The molecule has 1 aromatic heterocycles. The van der Waals surface area contributed by atoms with E-state index < -0.39 is 0 Å². The highest BCUT2D eigenvalue weighted by molar-refractivity contribution is 7.09. The van der Waals surface area contributed by atoms with Crippen LogP contribution in [0.25, 0.3) is 0 Å².